The molecular weight excluding hydrogens is 406 g/mol. The van der Waals surface area contributed by atoms with Gasteiger partial charge in [0.05, 0.1) is 17.5 Å². The van der Waals surface area contributed by atoms with E-state index in [1.54, 1.807) is 6.08 Å². The Balaban J connectivity index is 1.49. The predicted octanol–water partition coefficient (Wildman–Crippen LogP) is 5.55. The average Bonchev–Trinajstić information content (AvgIpc) is 3.26. The number of fused-ring (bicyclic) bond motifs is 2. The molecule has 0 saturated carbocycles. The molecule has 0 spiro atoms. The van der Waals surface area contributed by atoms with Crippen molar-refractivity contribution >= 4 is 50.7 Å². The summed E-state index contributed by atoms with van der Waals surface area (Å²) in [6.07, 6.45) is 3.61. The number of benzene rings is 3. The lowest BCUT2D eigenvalue weighted by atomic mass is 10.0. The van der Waals surface area contributed by atoms with Crippen LogP contribution in [0, 0.1) is 11.3 Å². The molecule has 1 aliphatic heterocycles. The molecule has 31 heavy (non-hydrogen) atoms. The number of imide groups is 1. The molecule has 0 aliphatic carbocycles. The summed E-state index contributed by atoms with van der Waals surface area (Å²) < 4.78 is 1.85. The molecule has 0 atom stereocenters. The second-order valence-electron chi connectivity index (χ2n) is 7.29. The lowest BCUT2D eigenvalue weighted by molar-refractivity contribution is -0.123. The zero-order valence-corrected chi connectivity index (χ0v) is 17.3. The van der Waals surface area contributed by atoms with Crippen LogP contribution in [0.2, 0.25) is 0 Å². The van der Waals surface area contributed by atoms with Gasteiger partial charge in [-0.15, -0.1) is 0 Å². The molecule has 0 N–H and O–H groups in total. The molecule has 150 valence electrons. The summed E-state index contributed by atoms with van der Waals surface area (Å²) in [5.74, 6) is -0.292. The zero-order valence-electron chi connectivity index (χ0n) is 16.5. The van der Waals surface area contributed by atoms with Crippen LogP contribution >= 0.6 is 11.8 Å². The van der Waals surface area contributed by atoms with Crippen molar-refractivity contribution in [1.82, 2.24) is 9.47 Å². The van der Waals surface area contributed by atoms with Crippen LogP contribution in [0.1, 0.15) is 11.1 Å². The van der Waals surface area contributed by atoms with Gasteiger partial charge < -0.3 is 4.57 Å². The third-order valence-electron chi connectivity index (χ3n) is 5.43. The first-order chi connectivity index (χ1) is 15.2. The Kier molecular flexibility index (Phi) is 4.81. The average molecular weight is 423 g/mol. The van der Waals surface area contributed by atoms with E-state index in [1.165, 1.54) is 4.90 Å². The van der Waals surface area contributed by atoms with Crippen LogP contribution in [0.4, 0.5) is 4.79 Å². The second kappa shape index (κ2) is 7.78. The summed E-state index contributed by atoms with van der Waals surface area (Å²) in [4.78, 5) is 27.5. The van der Waals surface area contributed by atoms with Gasteiger partial charge in [-0.1, -0.05) is 60.7 Å². The number of amides is 2. The zero-order chi connectivity index (χ0) is 21.4. The van der Waals surface area contributed by atoms with Gasteiger partial charge in [-0.3, -0.25) is 14.5 Å². The predicted molar refractivity (Wildman–Crippen MR) is 123 cm³/mol. The van der Waals surface area contributed by atoms with Crippen molar-refractivity contribution in [3.05, 3.63) is 89.0 Å². The monoisotopic (exact) mass is 423 g/mol. The molecule has 1 saturated heterocycles. The van der Waals surface area contributed by atoms with Gasteiger partial charge in [0.1, 0.15) is 6.54 Å². The molecule has 2 amide bonds. The van der Waals surface area contributed by atoms with E-state index < -0.39 is 0 Å². The first-order valence-electron chi connectivity index (χ1n) is 9.82. The topological polar surface area (TPSA) is 66.1 Å². The van der Waals surface area contributed by atoms with E-state index in [4.69, 9.17) is 5.26 Å². The number of aromatic nitrogens is 1. The molecule has 1 aliphatic rings. The number of para-hydroxylation sites is 1. The maximum absolute atomic E-state index is 13.1. The molecule has 0 unspecified atom stereocenters. The van der Waals surface area contributed by atoms with Gasteiger partial charge in [0.2, 0.25) is 0 Å². The summed E-state index contributed by atoms with van der Waals surface area (Å²) in [5.41, 5.74) is 2.68. The Bertz CT molecular complexity index is 1420. The van der Waals surface area contributed by atoms with Crippen molar-refractivity contribution in [2.45, 2.75) is 13.1 Å². The van der Waals surface area contributed by atoms with Gasteiger partial charge in [0, 0.05) is 22.7 Å². The lowest BCUT2D eigenvalue weighted by Gasteiger charge is -2.14. The molecule has 1 aromatic heterocycles. The summed E-state index contributed by atoms with van der Waals surface area (Å²) in [6.45, 7) is 0.455. The van der Waals surface area contributed by atoms with Crippen molar-refractivity contribution in [2.24, 2.45) is 0 Å². The number of carbonyl (C=O) groups excluding carboxylic acids is 2. The minimum Gasteiger partial charge on any atom is -0.333 e. The van der Waals surface area contributed by atoms with E-state index >= 15 is 0 Å². The van der Waals surface area contributed by atoms with Crippen LogP contribution in [-0.4, -0.2) is 20.6 Å². The Hall–Kier alpha value is -3.82. The van der Waals surface area contributed by atoms with Crippen molar-refractivity contribution < 1.29 is 9.59 Å². The highest BCUT2D eigenvalue weighted by atomic mass is 32.2. The Morgan fingerprint density at radius 2 is 1.68 bits per heavy atom. The number of nitriles is 1. The summed E-state index contributed by atoms with van der Waals surface area (Å²) in [7, 11) is 0. The van der Waals surface area contributed by atoms with E-state index in [0.717, 1.165) is 44.6 Å². The van der Waals surface area contributed by atoms with Crippen molar-refractivity contribution in [3.63, 3.8) is 0 Å². The van der Waals surface area contributed by atoms with Gasteiger partial charge in [0.15, 0.2) is 0 Å². The molecule has 5 rings (SSSR count). The van der Waals surface area contributed by atoms with E-state index in [2.05, 4.69) is 6.07 Å². The van der Waals surface area contributed by atoms with Gasteiger partial charge in [0.25, 0.3) is 11.1 Å². The van der Waals surface area contributed by atoms with Gasteiger partial charge in [-0.05, 0) is 40.2 Å². The van der Waals surface area contributed by atoms with E-state index in [9.17, 15) is 9.59 Å². The van der Waals surface area contributed by atoms with Crippen LogP contribution in [0.3, 0.4) is 0 Å². The Labute approximate surface area is 183 Å². The first kappa shape index (κ1) is 19.2. The fraction of sp³-hybridized carbons (Fsp3) is 0.0800. The van der Waals surface area contributed by atoms with E-state index in [1.807, 2.05) is 77.5 Å². The lowest BCUT2D eigenvalue weighted by Crippen LogP contribution is -2.27. The quantitative estimate of drug-likeness (QED) is 0.403. The SMILES string of the molecule is N#CCn1cc(/C=C2/SC(=O)N(Cc3cccc4ccccc34)C2=O)c2ccccc21. The number of thioether (sulfide) groups is 1. The third kappa shape index (κ3) is 3.39. The molecule has 0 radical (unpaired) electrons. The third-order valence-corrected chi connectivity index (χ3v) is 6.34. The van der Waals surface area contributed by atoms with Crippen molar-refractivity contribution in [3.8, 4) is 6.07 Å². The van der Waals surface area contributed by atoms with Crippen LogP contribution in [0.5, 0.6) is 0 Å². The highest BCUT2D eigenvalue weighted by Crippen LogP contribution is 2.35. The maximum atomic E-state index is 13.1. The minimum atomic E-state index is -0.292. The number of rotatable bonds is 4. The summed E-state index contributed by atoms with van der Waals surface area (Å²) in [6, 6.07) is 23.7. The summed E-state index contributed by atoms with van der Waals surface area (Å²) in [5, 5.41) is 11.9. The van der Waals surface area contributed by atoms with E-state index in [0.29, 0.717) is 4.91 Å². The number of hydrogen-bond donors (Lipinski definition) is 0. The molecular formula is C25H17N3O2S. The first-order valence-corrected chi connectivity index (χ1v) is 10.6. The molecule has 0 bridgehead atoms. The van der Waals surface area contributed by atoms with Crippen molar-refractivity contribution in [2.75, 3.05) is 0 Å². The molecule has 5 nitrogen and oxygen atoms in total. The Morgan fingerprint density at radius 1 is 0.935 bits per heavy atom. The molecule has 1 fully saturated rings. The second-order valence-corrected chi connectivity index (χ2v) is 8.29. The standard InChI is InChI=1S/C25H17N3O2S/c26-12-13-27-15-19(21-10-3-4-11-22(21)27)14-23-24(29)28(25(30)31-23)16-18-8-5-7-17-6-1-2-9-20(17)18/h1-11,14-15H,13,16H2/b23-14+. The van der Waals surface area contributed by atoms with Gasteiger partial charge >= 0.3 is 0 Å². The van der Waals surface area contributed by atoms with Gasteiger partial charge in [-0.2, -0.15) is 5.26 Å². The van der Waals surface area contributed by atoms with Crippen LogP contribution in [0.15, 0.2) is 77.8 Å². The van der Waals surface area contributed by atoms with Crippen LogP contribution < -0.4 is 0 Å². The van der Waals surface area contributed by atoms with Crippen molar-refractivity contribution in [1.29, 1.82) is 5.26 Å². The normalized spacial score (nSPS) is 15.3. The van der Waals surface area contributed by atoms with Crippen LogP contribution in [0.25, 0.3) is 27.8 Å². The molecule has 3 aromatic carbocycles. The number of carbonyl (C=O) groups is 2. The number of nitrogens with zero attached hydrogens (tertiary/aromatic N) is 3. The fourth-order valence-electron chi connectivity index (χ4n) is 3.98. The fourth-order valence-corrected chi connectivity index (χ4v) is 4.80. The smallest absolute Gasteiger partial charge is 0.293 e. The molecule has 6 heteroatoms. The van der Waals surface area contributed by atoms with Gasteiger partial charge in [-0.25, -0.2) is 0 Å². The highest BCUT2D eigenvalue weighted by Gasteiger charge is 2.35. The molecule has 2 heterocycles. The van der Waals surface area contributed by atoms with Crippen LogP contribution in [-0.2, 0) is 17.9 Å². The molecule has 4 aromatic rings. The van der Waals surface area contributed by atoms with E-state index in [-0.39, 0.29) is 24.2 Å². The number of hydrogen-bond acceptors (Lipinski definition) is 4. The Morgan fingerprint density at radius 3 is 2.52 bits per heavy atom. The minimum absolute atomic E-state index is 0.219. The maximum Gasteiger partial charge on any atom is 0.293 e. The summed E-state index contributed by atoms with van der Waals surface area (Å²) >= 11 is 0.957. The highest BCUT2D eigenvalue weighted by molar-refractivity contribution is 8.18. The largest absolute Gasteiger partial charge is 0.333 e.